The molecule has 168 valence electrons. The van der Waals surface area contributed by atoms with Gasteiger partial charge in [0, 0.05) is 23.5 Å². The van der Waals surface area contributed by atoms with Crippen LogP contribution in [0.3, 0.4) is 0 Å². The average Bonchev–Trinajstić information content (AvgIpc) is 2.74. The maximum atomic E-state index is 13.8. The van der Waals surface area contributed by atoms with Crippen molar-refractivity contribution >= 4 is 34.1 Å². The molecule has 1 aliphatic rings. The minimum atomic E-state index is -0.582. The summed E-state index contributed by atoms with van der Waals surface area (Å²) in [4.78, 5) is 30.2. The van der Waals surface area contributed by atoms with Crippen LogP contribution in [0.4, 0.5) is 19.3 Å². The summed E-state index contributed by atoms with van der Waals surface area (Å²) in [6, 6.07) is 7.03. The normalized spacial score (nSPS) is 15.6. The molecule has 32 heavy (non-hydrogen) atoms. The molecule has 0 bridgehead atoms. The first-order valence-corrected chi connectivity index (χ1v) is 10.6. The Labute approximate surface area is 188 Å². The number of hydrogen-bond donors (Lipinski definition) is 2. The van der Waals surface area contributed by atoms with E-state index in [9.17, 15) is 18.4 Å². The van der Waals surface area contributed by atoms with Crippen molar-refractivity contribution in [1.29, 1.82) is 0 Å². The van der Waals surface area contributed by atoms with Gasteiger partial charge in [-0.3, -0.25) is 4.79 Å². The van der Waals surface area contributed by atoms with E-state index in [4.69, 9.17) is 16.3 Å². The van der Waals surface area contributed by atoms with Crippen molar-refractivity contribution in [1.82, 2.24) is 9.88 Å². The first-order valence-electron chi connectivity index (χ1n) is 10.2. The third-order valence-electron chi connectivity index (χ3n) is 5.33. The maximum Gasteiger partial charge on any atom is 0.322 e. The van der Waals surface area contributed by atoms with Crippen molar-refractivity contribution in [2.45, 2.75) is 26.5 Å². The number of anilines is 1. The van der Waals surface area contributed by atoms with E-state index < -0.39 is 29.3 Å². The Balaban J connectivity index is 1.77. The molecule has 1 unspecified atom stereocenters. The first-order chi connectivity index (χ1) is 15.2. The number of aromatic nitrogens is 1. The summed E-state index contributed by atoms with van der Waals surface area (Å²) in [5, 5.41) is 3.45. The van der Waals surface area contributed by atoms with E-state index >= 15 is 0 Å². The fourth-order valence-corrected chi connectivity index (χ4v) is 4.16. The molecule has 9 heteroatoms. The number of nitrogens with zero attached hydrogens (tertiary/aromatic N) is 1. The Morgan fingerprint density at radius 3 is 2.75 bits per heavy atom. The standard InChI is InChI=1S/C23H22ClF2N3O3/c1-12(2)9-29(23(31)27-14-4-6-18(26)17(24)8-14)20-11-32-10-19-21(20)15-5-3-13(25)7-16(15)22(30)28-19/h3-8,12,20H,9-11H2,1-2H3,(H,27,31)(H,28,30). The second-order valence-electron chi connectivity index (χ2n) is 8.17. The molecule has 6 nitrogen and oxygen atoms in total. The van der Waals surface area contributed by atoms with Gasteiger partial charge in [-0.2, -0.15) is 0 Å². The fourth-order valence-electron chi connectivity index (χ4n) is 3.98. The van der Waals surface area contributed by atoms with E-state index in [1.165, 1.54) is 30.3 Å². The molecule has 2 heterocycles. The molecule has 1 aromatic heterocycles. The zero-order valence-electron chi connectivity index (χ0n) is 17.5. The van der Waals surface area contributed by atoms with Gasteiger partial charge in [-0.25, -0.2) is 13.6 Å². The number of carbonyl (C=O) groups is 1. The lowest BCUT2D eigenvalue weighted by Gasteiger charge is -2.37. The molecule has 4 rings (SSSR count). The Kier molecular flexibility index (Phi) is 6.17. The number of hydrogen-bond acceptors (Lipinski definition) is 3. The number of rotatable bonds is 4. The number of fused-ring (bicyclic) bond motifs is 3. The van der Waals surface area contributed by atoms with Crippen LogP contribution in [0.15, 0.2) is 41.2 Å². The summed E-state index contributed by atoms with van der Waals surface area (Å²) in [7, 11) is 0. The second-order valence-corrected chi connectivity index (χ2v) is 8.58. The average molecular weight is 462 g/mol. The number of amides is 2. The molecule has 0 aliphatic carbocycles. The summed E-state index contributed by atoms with van der Waals surface area (Å²) in [6.45, 7) is 4.71. The number of H-pyrrole nitrogens is 1. The van der Waals surface area contributed by atoms with E-state index in [1.807, 2.05) is 13.8 Å². The summed E-state index contributed by atoms with van der Waals surface area (Å²) in [6.07, 6.45) is 0. The zero-order chi connectivity index (χ0) is 23.0. The summed E-state index contributed by atoms with van der Waals surface area (Å²) in [5.41, 5.74) is 1.21. The highest BCUT2D eigenvalue weighted by Gasteiger charge is 2.33. The summed E-state index contributed by atoms with van der Waals surface area (Å²) >= 11 is 5.85. The van der Waals surface area contributed by atoms with E-state index in [-0.39, 0.29) is 29.5 Å². The molecule has 0 spiro atoms. The number of carbonyl (C=O) groups excluding carboxylic acids is 1. The highest BCUT2D eigenvalue weighted by Crippen LogP contribution is 2.34. The van der Waals surface area contributed by atoms with Gasteiger partial charge in [0.2, 0.25) is 0 Å². The van der Waals surface area contributed by atoms with Gasteiger partial charge in [0.1, 0.15) is 11.6 Å². The van der Waals surface area contributed by atoms with Gasteiger partial charge in [-0.15, -0.1) is 0 Å². The van der Waals surface area contributed by atoms with Crippen molar-refractivity contribution in [3.8, 4) is 0 Å². The molecular formula is C23H22ClF2N3O3. The fraction of sp³-hybridized carbons (Fsp3) is 0.304. The van der Waals surface area contributed by atoms with Gasteiger partial charge in [-0.05, 0) is 41.6 Å². The molecule has 2 N–H and O–H groups in total. The third kappa shape index (κ3) is 4.33. The number of halogens is 3. The highest BCUT2D eigenvalue weighted by molar-refractivity contribution is 6.31. The van der Waals surface area contributed by atoms with Crippen LogP contribution in [-0.2, 0) is 11.3 Å². The molecule has 0 saturated carbocycles. The number of ether oxygens (including phenoxy) is 1. The summed E-state index contributed by atoms with van der Waals surface area (Å²) < 4.78 is 33.0. The van der Waals surface area contributed by atoms with Crippen LogP contribution < -0.4 is 10.9 Å². The summed E-state index contributed by atoms with van der Waals surface area (Å²) in [5.74, 6) is -0.980. The minimum absolute atomic E-state index is 0.102. The number of pyridine rings is 1. The maximum absolute atomic E-state index is 13.8. The van der Waals surface area contributed by atoms with Crippen molar-refractivity contribution in [2.24, 2.45) is 5.92 Å². The second kappa shape index (κ2) is 8.88. The monoisotopic (exact) mass is 461 g/mol. The van der Waals surface area contributed by atoms with Crippen molar-refractivity contribution in [2.75, 3.05) is 18.5 Å². The van der Waals surface area contributed by atoms with Crippen molar-refractivity contribution in [3.63, 3.8) is 0 Å². The predicted molar refractivity (Wildman–Crippen MR) is 119 cm³/mol. The molecule has 0 fully saturated rings. The van der Waals surface area contributed by atoms with Crippen LogP contribution in [0.5, 0.6) is 0 Å². The molecule has 0 radical (unpaired) electrons. The SMILES string of the molecule is CC(C)CN(C(=O)Nc1ccc(F)c(Cl)c1)C1COCc2[nH]c(=O)c3cc(F)ccc3c21. The molecule has 0 saturated heterocycles. The molecular weight excluding hydrogens is 440 g/mol. The van der Waals surface area contributed by atoms with Crippen LogP contribution in [0.2, 0.25) is 5.02 Å². The van der Waals surface area contributed by atoms with Crippen molar-refractivity contribution < 1.29 is 18.3 Å². The first kappa shape index (κ1) is 22.2. The van der Waals surface area contributed by atoms with E-state index in [0.717, 1.165) is 5.56 Å². The topological polar surface area (TPSA) is 74.4 Å². The van der Waals surface area contributed by atoms with Gasteiger partial charge in [-0.1, -0.05) is 31.5 Å². The van der Waals surface area contributed by atoms with Gasteiger partial charge >= 0.3 is 6.03 Å². The van der Waals surface area contributed by atoms with E-state index in [1.54, 1.807) is 11.0 Å². The quantitative estimate of drug-likeness (QED) is 0.559. The van der Waals surface area contributed by atoms with Crippen LogP contribution >= 0.6 is 11.6 Å². The van der Waals surface area contributed by atoms with E-state index in [2.05, 4.69) is 10.3 Å². The van der Waals surface area contributed by atoms with Crippen LogP contribution in [0, 0.1) is 17.6 Å². The molecule has 2 aromatic carbocycles. The molecule has 1 aliphatic heterocycles. The Morgan fingerprint density at radius 1 is 1.25 bits per heavy atom. The number of benzene rings is 2. The predicted octanol–water partition coefficient (Wildman–Crippen LogP) is 5.22. The Morgan fingerprint density at radius 2 is 2.03 bits per heavy atom. The Hall–Kier alpha value is -2.97. The highest BCUT2D eigenvalue weighted by atomic mass is 35.5. The molecule has 1 atom stereocenters. The smallest absolute Gasteiger partial charge is 0.322 e. The largest absolute Gasteiger partial charge is 0.373 e. The third-order valence-corrected chi connectivity index (χ3v) is 5.62. The van der Waals surface area contributed by atoms with Crippen LogP contribution in [-0.4, -0.2) is 29.1 Å². The van der Waals surface area contributed by atoms with E-state index in [0.29, 0.717) is 23.3 Å². The van der Waals surface area contributed by atoms with Gasteiger partial charge in [0.25, 0.3) is 5.56 Å². The number of urea groups is 1. The number of nitrogens with one attached hydrogen (secondary N) is 2. The molecule has 3 aromatic rings. The lowest BCUT2D eigenvalue weighted by Crippen LogP contribution is -2.44. The number of aromatic amines is 1. The van der Waals surface area contributed by atoms with Gasteiger partial charge in [0.15, 0.2) is 0 Å². The Bertz CT molecular complexity index is 1250. The van der Waals surface area contributed by atoms with Crippen LogP contribution in [0.1, 0.15) is 31.1 Å². The van der Waals surface area contributed by atoms with Crippen LogP contribution in [0.25, 0.3) is 10.8 Å². The lowest BCUT2D eigenvalue weighted by molar-refractivity contribution is 0.0425. The zero-order valence-corrected chi connectivity index (χ0v) is 18.3. The minimum Gasteiger partial charge on any atom is -0.373 e. The molecule has 2 amide bonds. The van der Waals surface area contributed by atoms with Gasteiger partial charge in [0.05, 0.1) is 29.7 Å². The lowest BCUT2D eigenvalue weighted by atomic mass is 9.95. The van der Waals surface area contributed by atoms with Crippen molar-refractivity contribution in [3.05, 3.63) is 74.7 Å². The van der Waals surface area contributed by atoms with Gasteiger partial charge < -0.3 is 19.9 Å².